The van der Waals surface area contributed by atoms with Gasteiger partial charge >= 0.3 is 6.18 Å². The van der Waals surface area contributed by atoms with E-state index in [9.17, 15) is 31.5 Å². The van der Waals surface area contributed by atoms with Crippen LogP contribution in [0.2, 0.25) is 0 Å². The van der Waals surface area contributed by atoms with Gasteiger partial charge < -0.3 is 10.6 Å². The van der Waals surface area contributed by atoms with Crippen LogP contribution in [0.25, 0.3) is 5.78 Å². The number of imidazole rings is 1. The largest absolute Gasteiger partial charge is 0.393 e. The lowest BCUT2D eigenvalue weighted by Crippen LogP contribution is -2.47. The number of hydrogen-bond donors (Lipinski definition) is 2. The SMILES string of the molecule is CCn1nccc1C(=O)N[C@@H](C1=CCC(F)(F)CC1)c1cn2nc(C[C@H]3C[C@@H](C(F)(F)F)CNC3=O)cnc2n1. The molecule has 0 unspecified atom stereocenters. The van der Waals surface area contributed by atoms with Gasteiger partial charge in [0.25, 0.3) is 17.6 Å². The summed E-state index contributed by atoms with van der Waals surface area (Å²) >= 11 is 0. The molecule has 40 heavy (non-hydrogen) atoms. The van der Waals surface area contributed by atoms with Gasteiger partial charge in [-0.1, -0.05) is 6.08 Å². The van der Waals surface area contributed by atoms with Gasteiger partial charge in [-0.2, -0.15) is 23.4 Å². The Labute approximate surface area is 225 Å². The van der Waals surface area contributed by atoms with E-state index in [-0.39, 0.29) is 37.2 Å². The summed E-state index contributed by atoms with van der Waals surface area (Å²) in [6.07, 6.45) is 0.0484. The number of aryl methyl sites for hydroxylation is 1. The molecule has 2 N–H and O–H groups in total. The van der Waals surface area contributed by atoms with Crippen molar-refractivity contribution in [3.8, 4) is 0 Å². The number of nitrogens with zero attached hydrogens (tertiary/aromatic N) is 6. The van der Waals surface area contributed by atoms with Crippen LogP contribution in [0.3, 0.4) is 0 Å². The number of piperidine rings is 1. The Bertz CT molecular complexity index is 1450. The van der Waals surface area contributed by atoms with Crippen molar-refractivity contribution >= 4 is 17.6 Å². The van der Waals surface area contributed by atoms with Gasteiger partial charge in [0, 0.05) is 44.5 Å². The van der Waals surface area contributed by atoms with E-state index in [4.69, 9.17) is 0 Å². The fraction of sp³-hybridized carbons (Fsp3) is 0.520. The average Bonchev–Trinajstić information content (AvgIpc) is 3.55. The number of rotatable bonds is 7. The van der Waals surface area contributed by atoms with E-state index < -0.39 is 54.8 Å². The lowest BCUT2D eigenvalue weighted by Gasteiger charge is -2.30. The third kappa shape index (κ3) is 5.82. The number of halogens is 5. The van der Waals surface area contributed by atoms with Crippen LogP contribution in [-0.2, 0) is 17.8 Å². The minimum absolute atomic E-state index is 0.0299. The summed E-state index contributed by atoms with van der Waals surface area (Å²) in [5, 5.41) is 13.7. The van der Waals surface area contributed by atoms with Crippen molar-refractivity contribution in [3.63, 3.8) is 0 Å². The van der Waals surface area contributed by atoms with E-state index in [1.165, 1.54) is 33.9 Å². The van der Waals surface area contributed by atoms with E-state index >= 15 is 0 Å². The Morgan fingerprint density at radius 3 is 2.83 bits per heavy atom. The maximum atomic E-state index is 13.9. The fourth-order valence-electron chi connectivity index (χ4n) is 5.06. The molecule has 0 aromatic carbocycles. The standard InChI is InChI=1S/C25H27F5N8O2/c1-2-37-19(5-8-33-37)22(40)35-20(14-3-6-24(26,27)7-4-14)18-13-38-23(34-18)32-12-17(36-38)10-15-9-16(25(28,29)30)11-31-21(15)39/h3,5,8,12-13,15-16,20H,2,4,6-7,9-11H2,1H3,(H,31,39)(H,35,40)/t15-,16-,20+/m1/s1. The molecule has 15 heteroatoms. The van der Waals surface area contributed by atoms with Crippen molar-refractivity contribution < 1.29 is 31.5 Å². The summed E-state index contributed by atoms with van der Waals surface area (Å²) in [6, 6.07) is 0.691. The predicted molar refractivity (Wildman–Crippen MR) is 130 cm³/mol. The second-order valence-electron chi connectivity index (χ2n) is 10.1. The molecule has 214 valence electrons. The summed E-state index contributed by atoms with van der Waals surface area (Å²) in [4.78, 5) is 34.1. The number of allylic oxidation sites excluding steroid dienone is 1. The molecule has 0 spiro atoms. The number of fused-ring (bicyclic) bond motifs is 1. The molecule has 3 aromatic heterocycles. The van der Waals surface area contributed by atoms with Gasteiger partial charge in [-0.3, -0.25) is 14.3 Å². The molecule has 0 bridgehead atoms. The van der Waals surface area contributed by atoms with Crippen molar-refractivity contribution in [3.05, 3.63) is 53.4 Å². The highest BCUT2D eigenvalue weighted by Gasteiger charge is 2.44. The first-order valence-electron chi connectivity index (χ1n) is 12.9. The summed E-state index contributed by atoms with van der Waals surface area (Å²) in [6.45, 7) is 1.82. The smallest absolute Gasteiger partial charge is 0.355 e. The summed E-state index contributed by atoms with van der Waals surface area (Å²) in [5.41, 5.74) is 1.43. The zero-order valence-electron chi connectivity index (χ0n) is 21.5. The van der Waals surface area contributed by atoms with E-state index in [1.807, 2.05) is 6.92 Å². The molecule has 2 amide bonds. The number of nitrogens with one attached hydrogen (secondary N) is 2. The minimum Gasteiger partial charge on any atom is -0.355 e. The van der Waals surface area contributed by atoms with E-state index in [2.05, 4.69) is 30.8 Å². The number of amides is 2. The molecular weight excluding hydrogens is 539 g/mol. The molecule has 1 fully saturated rings. The number of alkyl halides is 5. The van der Waals surface area contributed by atoms with Crippen LogP contribution >= 0.6 is 0 Å². The molecule has 10 nitrogen and oxygen atoms in total. The van der Waals surface area contributed by atoms with Gasteiger partial charge in [-0.15, -0.1) is 0 Å². The predicted octanol–water partition coefficient (Wildman–Crippen LogP) is 3.41. The zero-order chi connectivity index (χ0) is 28.7. The maximum absolute atomic E-state index is 13.9. The van der Waals surface area contributed by atoms with Crippen molar-refractivity contribution in [2.24, 2.45) is 11.8 Å². The van der Waals surface area contributed by atoms with E-state index in [0.29, 0.717) is 23.5 Å². The van der Waals surface area contributed by atoms with Crippen LogP contribution in [-0.4, -0.2) is 59.8 Å². The van der Waals surface area contributed by atoms with Crippen molar-refractivity contribution in [2.45, 2.75) is 63.7 Å². The molecule has 1 aliphatic heterocycles. The van der Waals surface area contributed by atoms with Crippen molar-refractivity contribution in [1.29, 1.82) is 0 Å². The van der Waals surface area contributed by atoms with Crippen LogP contribution < -0.4 is 10.6 Å². The highest BCUT2D eigenvalue weighted by Crippen LogP contribution is 2.37. The maximum Gasteiger partial charge on any atom is 0.393 e. The number of hydrogen-bond acceptors (Lipinski definition) is 6. The molecule has 0 radical (unpaired) electrons. The zero-order valence-corrected chi connectivity index (χ0v) is 21.5. The molecule has 0 saturated carbocycles. The molecule has 2 aliphatic rings. The lowest BCUT2D eigenvalue weighted by molar-refractivity contribution is -0.183. The normalized spacial score (nSPS) is 22.1. The highest BCUT2D eigenvalue weighted by atomic mass is 19.4. The highest BCUT2D eigenvalue weighted by molar-refractivity contribution is 5.93. The quantitative estimate of drug-likeness (QED) is 0.334. The number of carbonyl (C=O) groups excluding carboxylic acids is 2. The third-order valence-corrected chi connectivity index (χ3v) is 7.27. The van der Waals surface area contributed by atoms with E-state index in [1.54, 1.807) is 6.07 Å². The van der Waals surface area contributed by atoms with Crippen LogP contribution in [0.1, 0.15) is 60.5 Å². The van der Waals surface area contributed by atoms with Gasteiger partial charge in [0.15, 0.2) is 0 Å². The number of carbonyl (C=O) groups is 2. The first-order chi connectivity index (χ1) is 18.9. The Hall–Kier alpha value is -3.91. The number of aromatic nitrogens is 6. The second-order valence-corrected chi connectivity index (χ2v) is 10.1. The third-order valence-electron chi connectivity index (χ3n) is 7.27. The summed E-state index contributed by atoms with van der Waals surface area (Å²) < 4.78 is 70.2. The first kappa shape index (κ1) is 27.6. The van der Waals surface area contributed by atoms with Crippen molar-refractivity contribution in [1.82, 2.24) is 40.0 Å². The van der Waals surface area contributed by atoms with Gasteiger partial charge in [0.1, 0.15) is 5.69 Å². The molecule has 3 atom stereocenters. The van der Waals surface area contributed by atoms with Crippen molar-refractivity contribution in [2.75, 3.05) is 6.54 Å². The molecule has 5 rings (SSSR count). The van der Waals surface area contributed by atoms with Crippen LogP contribution in [0.15, 0.2) is 36.3 Å². The molecule has 4 heterocycles. The van der Waals surface area contributed by atoms with E-state index in [0.717, 1.165) is 0 Å². The molecule has 3 aromatic rings. The van der Waals surface area contributed by atoms with Crippen LogP contribution in [0.4, 0.5) is 22.0 Å². The van der Waals surface area contributed by atoms with Gasteiger partial charge in [0.05, 0.1) is 35.7 Å². The van der Waals surface area contributed by atoms with Crippen LogP contribution in [0.5, 0.6) is 0 Å². The second kappa shape index (κ2) is 10.6. The Morgan fingerprint density at radius 1 is 1.32 bits per heavy atom. The Morgan fingerprint density at radius 2 is 2.12 bits per heavy atom. The Balaban J connectivity index is 1.42. The first-order valence-corrected chi connectivity index (χ1v) is 12.9. The monoisotopic (exact) mass is 566 g/mol. The summed E-state index contributed by atoms with van der Waals surface area (Å²) in [7, 11) is 0. The van der Waals surface area contributed by atoms with Gasteiger partial charge in [-0.05, 0) is 31.4 Å². The lowest BCUT2D eigenvalue weighted by atomic mass is 9.86. The topological polar surface area (TPSA) is 119 Å². The minimum atomic E-state index is -4.42. The molecule has 1 saturated heterocycles. The molecular formula is C25H27F5N8O2. The fourth-order valence-corrected chi connectivity index (χ4v) is 5.06. The Kier molecular flexibility index (Phi) is 7.31. The van der Waals surface area contributed by atoms with Gasteiger partial charge in [-0.25, -0.2) is 23.3 Å². The molecule has 1 aliphatic carbocycles. The summed E-state index contributed by atoms with van der Waals surface area (Å²) in [5.74, 6) is -6.23. The van der Waals surface area contributed by atoms with Crippen LogP contribution in [0, 0.1) is 11.8 Å². The van der Waals surface area contributed by atoms with Gasteiger partial charge in [0.2, 0.25) is 5.91 Å². The average molecular weight is 567 g/mol.